The molecule has 1 N–H and O–H groups in total. The monoisotopic (exact) mass is 480 g/mol. The maximum absolute atomic E-state index is 12.2. The highest BCUT2D eigenvalue weighted by molar-refractivity contribution is 7.99. The topological polar surface area (TPSA) is 89.9 Å². The van der Waals surface area contributed by atoms with Crippen molar-refractivity contribution in [2.24, 2.45) is 11.3 Å². The molecule has 1 aromatic carbocycles. The number of aliphatic hydroxyl groups excluding tert-OH is 1. The molecule has 0 amide bonds. The molecule has 0 aliphatic rings. The van der Waals surface area contributed by atoms with Crippen LogP contribution >= 0.6 is 11.8 Å². The normalized spacial score (nSPS) is 14.2. The maximum atomic E-state index is 12.2. The number of thioether (sulfide) groups is 1. The van der Waals surface area contributed by atoms with E-state index in [0.29, 0.717) is 31.8 Å². The van der Waals surface area contributed by atoms with Gasteiger partial charge >= 0.3 is 11.9 Å². The first-order chi connectivity index (χ1) is 15.6. The molecule has 0 saturated heterocycles. The standard InChI is InChI=1S/C26H40O6S/c1-6-31-23(29)16-33-19-25(4,5)12-9-13-26(17-27,18-28)22-11-8-10-21(15-22)14-20(3)24(30)32-7-2/h8,10-11,15,17,20,28H,6-7,9,12-14,16,18-19H2,1-5H3. The molecule has 0 aromatic heterocycles. The Hall–Kier alpha value is -1.86. The number of benzene rings is 1. The van der Waals surface area contributed by atoms with Crippen LogP contribution in [0.2, 0.25) is 0 Å². The highest BCUT2D eigenvalue weighted by Crippen LogP contribution is 2.34. The first-order valence-corrected chi connectivity index (χ1v) is 12.8. The van der Waals surface area contributed by atoms with Gasteiger partial charge < -0.3 is 19.4 Å². The molecule has 7 heteroatoms. The molecule has 0 aliphatic carbocycles. The molecular weight excluding hydrogens is 440 g/mol. The third-order valence-corrected chi connectivity index (χ3v) is 7.16. The van der Waals surface area contributed by atoms with Crippen LogP contribution in [0.5, 0.6) is 0 Å². The molecule has 1 aromatic rings. The van der Waals surface area contributed by atoms with Crippen molar-refractivity contribution in [1.29, 1.82) is 0 Å². The molecule has 0 spiro atoms. The molecule has 186 valence electrons. The molecule has 0 bridgehead atoms. The summed E-state index contributed by atoms with van der Waals surface area (Å²) in [5, 5.41) is 10.2. The number of aliphatic hydroxyl groups is 1. The van der Waals surface area contributed by atoms with E-state index < -0.39 is 5.41 Å². The summed E-state index contributed by atoms with van der Waals surface area (Å²) in [7, 11) is 0. The Bertz CT molecular complexity index is 763. The lowest BCUT2D eigenvalue weighted by molar-refractivity contribution is -0.147. The SMILES string of the molecule is CCOC(=O)CSCC(C)(C)CCCC(C=O)(CO)c1cccc(CC(C)C(=O)OCC)c1. The van der Waals surface area contributed by atoms with Crippen molar-refractivity contribution in [2.45, 2.75) is 65.7 Å². The van der Waals surface area contributed by atoms with Gasteiger partial charge in [-0.05, 0) is 55.4 Å². The van der Waals surface area contributed by atoms with E-state index in [2.05, 4.69) is 13.8 Å². The van der Waals surface area contributed by atoms with Gasteiger partial charge in [-0.1, -0.05) is 51.5 Å². The Morgan fingerprint density at radius 3 is 2.45 bits per heavy atom. The number of esters is 2. The van der Waals surface area contributed by atoms with Crippen LogP contribution in [-0.2, 0) is 35.7 Å². The fraction of sp³-hybridized carbons (Fsp3) is 0.654. The van der Waals surface area contributed by atoms with E-state index >= 15 is 0 Å². The van der Waals surface area contributed by atoms with Crippen LogP contribution in [0.4, 0.5) is 0 Å². The summed E-state index contributed by atoms with van der Waals surface area (Å²) >= 11 is 1.56. The van der Waals surface area contributed by atoms with Crippen molar-refractivity contribution in [3.63, 3.8) is 0 Å². The van der Waals surface area contributed by atoms with E-state index in [1.165, 1.54) is 0 Å². The van der Waals surface area contributed by atoms with Gasteiger partial charge in [0.25, 0.3) is 0 Å². The predicted octanol–water partition coefficient (Wildman–Crippen LogP) is 4.35. The smallest absolute Gasteiger partial charge is 0.315 e. The van der Waals surface area contributed by atoms with E-state index in [4.69, 9.17) is 9.47 Å². The number of hydrogen-bond donors (Lipinski definition) is 1. The fourth-order valence-electron chi connectivity index (χ4n) is 3.78. The van der Waals surface area contributed by atoms with Gasteiger partial charge in [0.05, 0.1) is 36.9 Å². The second-order valence-corrected chi connectivity index (χ2v) is 10.3. The number of rotatable bonds is 16. The Labute approximate surface area is 202 Å². The summed E-state index contributed by atoms with van der Waals surface area (Å²) in [4.78, 5) is 35.7. The molecule has 1 rings (SSSR count). The molecule has 0 heterocycles. The molecule has 2 unspecified atom stereocenters. The summed E-state index contributed by atoms with van der Waals surface area (Å²) in [6, 6.07) is 7.58. The van der Waals surface area contributed by atoms with Crippen LogP contribution < -0.4 is 0 Å². The van der Waals surface area contributed by atoms with E-state index in [1.54, 1.807) is 25.6 Å². The second kappa shape index (κ2) is 14.4. The van der Waals surface area contributed by atoms with Crippen molar-refractivity contribution < 1.29 is 29.0 Å². The molecule has 0 fully saturated rings. The van der Waals surface area contributed by atoms with Gasteiger partial charge in [-0.2, -0.15) is 0 Å². The minimum absolute atomic E-state index is 0.0157. The minimum atomic E-state index is -0.975. The van der Waals surface area contributed by atoms with Crippen LogP contribution in [0.15, 0.2) is 24.3 Å². The summed E-state index contributed by atoms with van der Waals surface area (Å²) in [5.41, 5.74) is 0.710. The Morgan fingerprint density at radius 2 is 1.85 bits per heavy atom. The van der Waals surface area contributed by atoms with Gasteiger partial charge in [0.2, 0.25) is 0 Å². The Balaban J connectivity index is 2.77. The summed E-state index contributed by atoms with van der Waals surface area (Å²) < 4.78 is 10.1. The molecular formula is C26H40O6S. The number of ether oxygens (including phenoxy) is 2. The van der Waals surface area contributed by atoms with Crippen molar-refractivity contribution in [3.05, 3.63) is 35.4 Å². The lowest BCUT2D eigenvalue weighted by Gasteiger charge is -2.30. The highest BCUT2D eigenvalue weighted by atomic mass is 32.2. The fourth-order valence-corrected chi connectivity index (χ4v) is 4.83. The largest absolute Gasteiger partial charge is 0.466 e. The average molecular weight is 481 g/mol. The molecule has 0 saturated carbocycles. The zero-order valence-electron chi connectivity index (χ0n) is 20.7. The van der Waals surface area contributed by atoms with Crippen LogP contribution in [0.1, 0.15) is 65.0 Å². The quantitative estimate of drug-likeness (QED) is 0.278. The van der Waals surface area contributed by atoms with Gasteiger partial charge in [-0.15, -0.1) is 11.8 Å². The van der Waals surface area contributed by atoms with E-state index in [9.17, 15) is 19.5 Å². The lowest BCUT2D eigenvalue weighted by Crippen LogP contribution is -2.33. The summed E-state index contributed by atoms with van der Waals surface area (Å²) in [6.45, 7) is 10.2. The highest BCUT2D eigenvalue weighted by Gasteiger charge is 2.32. The third-order valence-electron chi connectivity index (χ3n) is 5.73. The zero-order valence-corrected chi connectivity index (χ0v) is 21.5. The summed E-state index contributed by atoms with van der Waals surface area (Å²) in [5.74, 6) is 0.419. The van der Waals surface area contributed by atoms with E-state index in [-0.39, 0.29) is 29.9 Å². The Morgan fingerprint density at radius 1 is 1.15 bits per heavy atom. The van der Waals surface area contributed by atoms with Gasteiger partial charge in [0, 0.05) is 0 Å². The van der Waals surface area contributed by atoms with Crippen LogP contribution in [0.3, 0.4) is 0 Å². The molecule has 33 heavy (non-hydrogen) atoms. The first-order valence-electron chi connectivity index (χ1n) is 11.7. The second-order valence-electron chi connectivity index (χ2n) is 9.31. The van der Waals surface area contributed by atoms with Crippen LogP contribution in [-0.4, -0.2) is 54.7 Å². The molecule has 6 nitrogen and oxygen atoms in total. The van der Waals surface area contributed by atoms with Crippen molar-refractivity contribution in [2.75, 3.05) is 31.3 Å². The van der Waals surface area contributed by atoms with E-state index in [0.717, 1.165) is 36.0 Å². The minimum Gasteiger partial charge on any atom is -0.466 e. The van der Waals surface area contributed by atoms with Crippen molar-refractivity contribution in [3.8, 4) is 0 Å². The van der Waals surface area contributed by atoms with Gasteiger partial charge in [0.1, 0.15) is 6.29 Å². The van der Waals surface area contributed by atoms with E-state index in [1.807, 2.05) is 31.2 Å². The van der Waals surface area contributed by atoms with Gasteiger partial charge in [-0.25, -0.2) is 0 Å². The van der Waals surface area contributed by atoms with Gasteiger partial charge in [0.15, 0.2) is 0 Å². The third kappa shape index (κ3) is 9.88. The maximum Gasteiger partial charge on any atom is 0.315 e. The van der Waals surface area contributed by atoms with Crippen LogP contribution in [0.25, 0.3) is 0 Å². The number of aldehydes is 1. The predicted molar refractivity (Wildman–Crippen MR) is 132 cm³/mol. The zero-order chi connectivity index (χ0) is 24.9. The summed E-state index contributed by atoms with van der Waals surface area (Å²) in [6.07, 6.45) is 3.50. The number of hydrogen-bond acceptors (Lipinski definition) is 7. The Kier molecular flexibility index (Phi) is 12.7. The lowest BCUT2D eigenvalue weighted by atomic mass is 9.76. The van der Waals surface area contributed by atoms with Crippen molar-refractivity contribution in [1.82, 2.24) is 0 Å². The average Bonchev–Trinajstić information content (AvgIpc) is 2.77. The first kappa shape index (κ1) is 29.2. The van der Waals surface area contributed by atoms with Crippen LogP contribution in [0, 0.1) is 11.3 Å². The molecule has 2 atom stereocenters. The molecule has 0 aliphatic heterocycles. The van der Waals surface area contributed by atoms with Gasteiger partial charge in [-0.3, -0.25) is 9.59 Å². The van der Waals surface area contributed by atoms with Crippen molar-refractivity contribution >= 4 is 30.0 Å². The number of carbonyl (C=O) groups is 3. The number of carbonyl (C=O) groups excluding carboxylic acids is 3. The molecule has 0 radical (unpaired) electrons.